The number of aromatic carboxylic acids is 1. The predicted molar refractivity (Wildman–Crippen MR) is 72.0 cm³/mol. The standard InChI is InChI=1S/C13H10FNO4S/c1-6-4-10(20-11(6)13(18)19)15-12(17)8-3-2-7(16)5-9(8)14/h2-5,16H,1H3,(H,15,17)(H,18,19). The number of nitrogens with one attached hydrogen (secondary N) is 1. The zero-order chi connectivity index (χ0) is 14.9. The van der Waals surface area contributed by atoms with Gasteiger partial charge >= 0.3 is 5.97 Å². The minimum Gasteiger partial charge on any atom is -0.508 e. The van der Waals surface area contributed by atoms with Gasteiger partial charge < -0.3 is 15.5 Å². The summed E-state index contributed by atoms with van der Waals surface area (Å²) < 4.78 is 13.5. The summed E-state index contributed by atoms with van der Waals surface area (Å²) in [5.41, 5.74) is 0.287. The minimum absolute atomic E-state index is 0.117. The normalized spacial score (nSPS) is 10.3. The van der Waals surface area contributed by atoms with Gasteiger partial charge in [0.15, 0.2) is 0 Å². The largest absolute Gasteiger partial charge is 0.508 e. The molecule has 104 valence electrons. The van der Waals surface area contributed by atoms with Crippen LogP contribution in [-0.2, 0) is 0 Å². The van der Waals surface area contributed by atoms with E-state index in [9.17, 15) is 14.0 Å². The van der Waals surface area contributed by atoms with Crippen molar-refractivity contribution < 1.29 is 24.2 Å². The number of benzene rings is 1. The topological polar surface area (TPSA) is 86.6 Å². The molecular weight excluding hydrogens is 285 g/mol. The van der Waals surface area contributed by atoms with Crippen LogP contribution in [0.4, 0.5) is 9.39 Å². The fourth-order valence-electron chi connectivity index (χ4n) is 1.62. The van der Waals surface area contributed by atoms with Crippen LogP contribution in [0.5, 0.6) is 5.75 Å². The van der Waals surface area contributed by atoms with E-state index in [1.54, 1.807) is 6.92 Å². The molecule has 5 nitrogen and oxygen atoms in total. The summed E-state index contributed by atoms with van der Waals surface area (Å²) in [5.74, 6) is -2.92. The number of hydrogen-bond donors (Lipinski definition) is 3. The van der Waals surface area contributed by atoms with Gasteiger partial charge in [-0.25, -0.2) is 9.18 Å². The molecule has 0 bridgehead atoms. The molecule has 3 N–H and O–H groups in total. The lowest BCUT2D eigenvalue weighted by Crippen LogP contribution is -2.12. The number of carboxylic acid groups (broad SMARTS) is 1. The molecule has 1 aromatic carbocycles. The van der Waals surface area contributed by atoms with Crippen molar-refractivity contribution in [3.8, 4) is 5.75 Å². The molecule has 0 fully saturated rings. The number of carbonyl (C=O) groups is 2. The lowest BCUT2D eigenvalue weighted by Gasteiger charge is -2.04. The molecule has 0 aliphatic heterocycles. The van der Waals surface area contributed by atoms with Gasteiger partial charge in [-0.15, -0.1) is 11.3 Å². The highest BCUT2D eigenvalue weighted by Crippen LogP contribution is 2.27. The third-order valence-corrected chi connectivity index (χ3v) is 3.69. The van der Waals surface area contributed by atoms with Crippen LogP contribution in [0.15, 0.2) is 24.3 Å². The van der Waals surface area contributed by atoms with Crippen molar-refractivity contribution in [2.45, 2.75) is 6.92 Å². The first-order valence-corrected chi connectivity index (χ1v) is 6.33. The van der Waals surface area contributed by atoms with Crippen molar-refractivity contribution in [2.75, 3.05) is 5.32 Å². The number of aryl methyl sites for hydroxylation is 1. The lowest BCUT2D eigenvalue weighted by atomic mass is 10.2. The number of aromatic hydroxyl groups is 1. The van der Waals surface area contributed by atoms with Crippen LogP contribution in [0.3, 0.4) is 0 Å². The van der Waals surface area contributed by atoms with Crippen LogP contribution in [0, 0.1) is 12.7 Å². The molecule has 2 rings (SSSR count). The lowest BCUT2D eigenvalue weighted by molar-refractivity contribution is 0.0701. The molecule has 0 aliphatic rings. The van der Waals surface area contributed by atoms with E-state index >= 15 is 0 Å². The number of thiophene rings is 1. The monoisotopic (exact) mass is 295 g/mol. The number of phenolic OH excluding ortho intramolecular Hbond substituents is 1. The van der Waals surface area contributed by atoms with Gasteiger partial charge in [-0.2, -0.15) is 0 Å². The number of carboxylic acids is 1. The van der Waals surface area contributed by atoms with Crippen molar-refractivity contribution in [3.05, 3.63) is 46.1 Å². The van der Waals surface area contributed by atoms with E-state index in [-0.39, 0.29) is 16.2 Å². The summed E-state index contributed by atoms with van der Waals surface area (Å²) in [6.07, 6.45) is 0. The number of hydrogen-bond acceptors (Lipinski definition) is 4. The summed E-state index contributed by atoms with van der Waals surface area (Å²) >= 11 is 0.896. The maximum atomic E-state index is 13.5. The Kier molecular flexibility index (Phi) is 3.71. The smallest absolute Gasteiger partial charge is 0.346 e. The van der Waals surface area contributed by atoms with Crippen molar-refractivity contribution >= 4 is 28.2 Å². The molecule has 0 unspecified atom stereocenters. The molecule has 1 aromatic heterocycles. The highest BCUT2D eigenvalue weighted by molar-refractivity contribution is 7.18. The maximum absolute atomic E-state index is 13.5. The molecule has 7 heteroatoms. The number of rotatable bonds is 3. The van der Waals surface area contributed by atoms with E-state index in [1.807, 2.05) is 0 Å². The number of halogens is 1. The quantitative estimate of drug-likeness (QED) is 0.812. The molecule has 0 saturated heterocycles. The van der Waals surface area contributed by atoms with E-state index in [1.165, 1.54) is 12.1 Å². The second kappa shape index (κ2) is 5.30. The van der Waals surface area contributed by atoms with E-state index in [0.29, 0.717) is 10.6 Å². The van der Waals surface area contributed by atoms with Crippen LogP contribution in [-0.4, -0.2) is 22.1 Å². The fourth-order valence-corrected chi connectivity index (χ4v) is 2.53. The van der Waals surface area contributed by atoms with Crippen LogP contribution in [0.2, 0.25) is 0 Å². The van der Waals surface area contributed by atoms with Gasteiger partial charge in [-0.3, -0.25) is 4.79 Å². The average molecular weight is 295 g/mol. The van der Waals surface area contributed by atoms with Crippen molar-refractivity contribution in [3.63, 3.8) is 0 Å². The molecule has 1 heterocycles. The zero-order valence-corrected chi connectivity index (χ0v) is 11.1. The number of carbonyl (C=O) groups excluding carboxylic acids is 1. The Labute approximate surface area is 117 Å². The third kappa shape index (κ3) is 2.77. The summed E-state index contributed by atoms with van der Waals surface area (Å²) in [7, 11) is 0. The SMILES string of the molecule is Cc1cc(NC(=O)c2ccc(O)cc2F)sc1C(=O)O. The molecule has 20 heavy (non-hydrogen) atoms. The highest BCUT2D eigenvalue weighted by Gasteiger charge is 2.16. The summed E-state index contributed by atoms with van der Waals surface area (Å²) in [4.78, 5) is 22.9. The van der Waals surface area contributed by atoms with Gasteiger partial charge in [0.1, 0.15) is 16.4 Å². The first kappa shape index (κ1) is 14.0. The van der Waals surface area contributed by atoms with Gasteiger partial charge in [0.05, 0.1) is 10.6 Å². The number of amides is 1. The van der Waals surface area contributed by atoms with Crippen molar-refractivity contribution in [1.29, 1.82) is 0 Å². The second-order valence-corrected chi connectivity index (χ2v) is 5.10. The molecular formula is C13H10FNO4S. The van der Waals surface area contributed by atoms with E-state index in [0.717, 1.165) is 23.5 Å². The molecule has 0 atom stereocenters. The van der Waals surface area contributed by atoms with Gasteiger partial charge in [-0.05, 0) is 30.7 Å². The Morgan fingerprint density at radius 3 is 2.55 bits per heavy atom. The Bertz CT molecular complexity index is 696. The average Bonchev–Trinajstić information content (AvgIpc) is 2.70. The van der Waals surface area contributed by atoms with E-state index < -0.39 is 17.7 Å². The van der Waals surface area contributed by atoms with E-state index in [4.69, 9.17) is 10.2 Å². The Hall–Kier alpha value is -2.41. The minimum atomic E-state index is -1.08. The van der Waals surface area contributed by atoms with Gasteiger partial charge in [-0.1, -0.05) is 0 Å². The number of phenols is 1. The molecule has 0 aliphatic carbocycles. The van der Waals surface area contributed by atoms with Gasteiger partial charge in [0, 0.05) is 6.07 Å². The maximum Gasteiger partial charge on any atom is 0.346 e. The van der Waals surface area contributed by atoms with Gasteiger partial charge in [0.25, 0.3) is 5.91 Å². The molecule has 0 radical (unpaired) electrons. The Balaban J connectivity index is 2.23. The summed E-state index contributed by atoms with van der Waals surface area (Å²) in [6, 6.07) is 4.68. The Morgan fingerprint density at radius 2 is 2.00 bits per heavy atom. The number of anilines is 1. The van der Waals surface area contributed by atoms with Crippen molar-refractivity contribution in [2.24, 2.45) is 0 Å². The van der Waals surface area contributed by atoms with Crippen LogP contribution in [0.1, 0.15) is 25.6 Å². The van der Waals surface area contributed by atoms with Crippen LogP contribution >= 0.6 is 11.3 Å². The van der Waals surface area contributed by atoms with Gasteiger partial charge in [0.2, 0.25) is 0 Å². The Morgan fingerprint density at radius 1 is 1.30 bits per heavy atom. The third-order valence-electron chi connectivity index (χ3n) is 2.55. The van der Waals surface area contributed by atoms with Crippen molar-refractivity contribution in [1.82, 2.24) is 0 Å². The molecule has 2 aromatic rings. The summed E-state index contributed by atoms with van der Waals surface area (Å²) in [5, 5.41) is 20.7. The predicted octanol–water partition coefficient (Wildman–Crippen LogP) is 2.85. The summed E-state index contributed by atoms with van der Waals surface area (Å²) in [6.45, 7) is 1.61. The highest BCUT2D eigenvalue weighted by atomic mass is 32.1. The zero-order valence-electron chi connectivity index (χ0n) is 10.3. The van der Waals surface area contributed by atoms with E-state index in [2.05, 4.69) is 5.32 Å². The fraction of sp³-hybridized carbons (Fsp3) is 0.0769. The molecule has 0 saturated carbocycles. The molecule has 0 spiro atoms. The first-order valence-electron chi connectivity index (χ1n) is 5.52. The molecule has 1 amide bonds. The second-order valence-electron chi connectivity index (χ2n) is 4.05. The first-order chi connectivity index (χ1) is 9.38. The van der Waals surface area contributed by atoms with Crippen LogP contribution < -0.4 is 5.32 Å². The van der Waals surface area contributed by atoms with Crippen LogP contribution in [0.25, 0.3) is 0 Å².